The Morgan fingerprint density at radius 1 is 0.952 bits per heavy atom. The standard InChI is InChI=1S/C17H15NO2S/c1-2-6-12(7-3-1)13-11-21-17(18-13)16-10-19-14-8-4-5-9-15(14)20-16/h1-9,16-17H,10-11H2. The molecule has 3 nitrogen and oxygen atoms in total. The Morgan fingerprint density at radius 2 is 1.71 bits per heavy atom. The second-order valence-corrected chi connectivity index (χ2v) is 6.16. The molecule has 21 heavy (non-hydrogen) atoms. The van der Waals surface area contributed by atoms with E-state index in [1.54, 1.807) is 0 Å². The predicted molar refractivity (Wildman–Crippen MR) is 85.6 cm³/mol. The third kappa shape index (κ3) is 2.51. The molecule has 0 aromatic heterocycles. The van der Waals surface area contributed by atoms with Crippen molar-refractivity contribution in [1.29, 1.82) is 0 Å². The first kappa shape index (κ1) is 12.8. The van der Waals surface area contributed by atoms with Gasteiger partial charge in [0.1, 0.15) is 12.0 Å². The van der Waals surface area contributed by atoms with Crippen LogP contribution < -0.4 is 9.47 Å². The molecule has 4 heteroatoms. The van der Waals surface area contributed by atoms with Crippen molar-refractivity contribution in [3.63, 3.8) is 0 Å². The molecule has 2 aliphatic rings. The molecule has 0 saturated heterocycles. The van der Waals surface area contributed by atoms with Gasteiger partial charge in [0, 0.05) is 5.75 Å². The molecule has 0 saturated carbocycles. The minimum absolute atomic E-state index is 0.0221. The Hall–Kier alpha value is -1.94. The summed E-state index contributed by atoms with van der Waals surface area (Å²) < 4.78 is 11.8. The highest BCUT2D eigenvalue weighted by atomic mass is 32.2. The first-order valence-corrected chi connectivity index (χ1v) is 8.07. The quantitative estimate of drug-likeness (QED) is 0.851. The van der Waals surface area contributed by atoms with Crippen molar-refractivity contribution < 1.29 is 9.47 Å². The van der Waals surface area contributed by atoms with Gasteiger partial charge >= 0.3 is 0 Å². The van der Waals surface area contributed by atoms with Crippen LogP contribution in [0.4, 0.5) is 0 Å². The monoisotopic (exact) mass is 297 g/mol. The van der Waals surface area contributed by atoms with Gasteiger partial charge in [-0.3, -0.25) is 4.99 Å². The summed E-state index contributed by atoms with van der Waals surface area (Å²) in [5, 5.41) is 0.105. The van der Waals surface area contributed by atoms with Crippen LogP contribution in [0.3, 0.4) is 0 Å². The number of para-hydroxylation sites is 2. The van der Waals surface area contributed by atoms with Gasteiger partial charge in [-0.1, -0.05) is 42.5 Å². The molecule has 2 heterocycles. The Morgan fingerprint density at radius 3 is 2.57 bits per heavy atom. The van der Waals surface area contributed by atoms with E-state index in [0.29, 0.717) is 6.61 Å². The number of benzene rings is 2. The van der Waals surface area contributed by atoms with Crippen LogP contribution in [-0.2, 0) is 0 Å². The van der Waals surface area contributed by atoms with Gasteiger partial charge in [0.25, 0.3) is 0 Å². The predicted octanol–water partition coefficient (Wildman–Crippen LogP) is 3.39. The minimum Gasteiger partial charge on any atom is -0.486 e. The number of thioether (sulfide) groups is 1. The highest BCUT2D eigenvalue weighted by Crippen LogP contribution is 2.35. The van der Waals surface area contributed by atoms with Crippen molar-refractivity contribution in [3.05, 3.63) is 60.2 Å². The van der Waals surface area contributed by atoms with E-state index >= 15 is 0 Å². The molecular formula is C17H15NO2S. The summed E-state index contributed by atoms with van der Waals surface area (Å²) in [4.78, 5) is 4.83. The van der Waals surface area contributed by atoms with Crippen LogP contribution in [0, 0.1) is 0 Å². The van der Waals surface area contributed by atoms with Crippen LogP contribution in [0.1, 0.15) is 5.56 Å². The van der Waals surface area contributed by atoms with Crippen molar-refractivity contribution in [3.8, 4) is 11.5 Å². The summed E-state index contributed by atoms with van der Waals surface area (Å²) in [7, 11) is 0. The highest BCUT2D eigenvalue weighted by Gasteiger charge is 2.32. The van der Waals surface area contributed by atoms with Crippen molar-refractivity contribution in [2.24, 2.45) is 4.99 Å². The van der Waals surface area contributed by atoms with Crippen molar-refractivity contribution in [2.45, 2.75) is 11.5 Å². The maximum Gasteiger partial charge on any atom is 0.164 e. The van der Waals surface area contributed by atoms with Gasteiger partial charge in [-0.25, -0.2) is 0 Å². The number of aliphatic imine (C=N–C) groups is 1. The topological polar surface area (TPSA) is 30.8 Å². The van der Waals surface area contributed by atoms with E-state index in [2.05, 4.69) is 12.1 Å². The number of hydrogen-bond donors (Lipinski definition) is 0. The van der Waals surface area contributed by atoms with E-state index in [-0.39, 0.29) is 11.5 Å². The Balaban J connectivity index is 1.53. The number of ether oxygens (including phenoxy) is 2. The van der Waals surface area contributed by atoms with Gasteiger partial charge in [-0.2, -0.15) is 0 Å². The minimum atomic E-state index is -0.0221. The van der Waals surface area contributed by atoms with Crippen LogP contribution in [0.25, 0.3) is 0 Å². The van der Waals surface area contributed by atoms with Crippen LogP contribution in [0.5, 0.6) is 11.5 Å². The summed E-state index contributed by atoms with van der Waals surface area (Å²) in [5.41, 5.74) is 2.35. The average Bonchev–Trinajstić information content (AvgIpc) is 3.05. The Labute approximate surface area is 128 Å². The Kier molecular flexibility index (Phi) is 3.31. The summed E-state index contributed by atoms with van der Waals surface area (Å²) in [5.74, 6) is 2.57. The molecule has 2 aromatic rings. The fourth-order valence-corrected chi connectivity index (χ4v) is 3.67. The summed E-state index contributed by atoms with van der Waals surface area (Å²) >= 11 is 1.82. The SMILES string of the molecule is c1ccc(C2=NC(C3COc4ccccc4O3)SC2)cc1. The molecule has 0 radical (unpaired) electrons. The van der Waals surface area contributed by atoms with E-state index in [4.69, 9.17) is 14.5 Å². The highest BCUT2D eigenvalue weighted by molar-refractivity contribution is 8.01. The van der Waals surface area contributed by atoms with Crippen molar-refractivity contribution in [2.75, 3.05) is 12.4 Å². The fourth-order valence-electron chi connectivity index (χ4n) is 2.55. The summed E-state index contributed by atoms with van der Waals surface area (Å²) in [6, 6.07) is 18.1. The van der Waals surface area contributed by atoms with E-state index in [9.17, 15) is 0 Å². The molecule has 0 spiro atoms. The van der Waals surface area contributed by atoms with Crippen molar-refractivity contribution in [1.82, 2.24) is 0 Å². The smallest absolute Gasteiger partial charge is 0.164 e. The molecule has 2 aliphatic heterocycles. The molecular weight excluding hydrogens is 282 g/mol. The van der Waals surface area contributed by atoms with Crippen LogP contribution in [0.2, 0.25) is 0 Å². The zero-order chi connectivity index (χ0) is 14.1. The second-order valence-electron chi connectivity index (χ2n) is 5.06. The number of fused-ring (bicyclic) bond motifs is 1. The molecule has 0 fully saturated rings. The normalized spacial score (nSPS) is 23.7. The van der Waals surface area contributed by atoms with Crippen LogP contribution in [0.15, 0.2) is 59.6 Å². The fraction of sp³-hybridized carbons (Fsp3) is 0.235. The number of hydrogen-bond acceptors (Lipinski definition) is 4. The molecule has 2 atom stereocenters. The van der Waals surface area contributed by atoms with Gasteiger partial charge in [0.2, 0.25) is 0 Å². The van der Waals surface area contributed by atoms with E-state index in [1.807, 2.05) is 54.2 Å². The average molecular weight is 297 g/mol. The molecule has 0 N–H and O–H groups in total. The number of rotatable bonds is 2. The largest absolute Gasteiger partial charge is 0.486 e. The first-order chi connectivity index (χ1) is 10.4. The zero-order valence-corrected chi connectivity index (χ0v) is 12.3. The zero-order valence-electron chi connectivity index (χ0n) is 11.4. The molecule has 0 aliphatic carbocycles. The second kappa shape index (κ2) is 5.45. The van der Waals surface area contributed by atoms with Gasteiger partial charge < -0.3 is 9.47 Å². The van der Waals surface area contributed by atoms with Crippen LogP contribution in [-0.4, -0.2) is 29.5 Å². The Bertz CT molecular complexity index is 672. The third-order valence-corrected chi connectivity index (χ3v) is 4.82. The molecule has 2 unspecified atom stereocenters. The lowest BCUT2D eigenvalue weighted by Crippen LogP contribution is -2.36. The van der Waals surface area contributed by atoms with Crippen LogP contribution >= 0.6 is 11.8 Å². The third-order valence-electron chi connectivity index (χ3n) is 3.63. The molecule has 106 valence electrons. The van der Waals surface area contributed by atoms with E-state index in [1.165, 1.54) is 5.56 Å². The lowest BCUT2D eigenvalue weighted by molar-refractivity contribution is 0.0911. The van der Waals surface area contributed by atoms with Gasteiger partial charge in [-0.15, -0.1) is 11.8 Å². The lowest BCUT2D eigenvalue weighted by Gasteiger charge is -2.28. The lowest BCUT2D eigenvalue weighted by atomic mass is 10.1. The maximum atomic E-state index is 6.05. The molecule has 0 bridgehead atoms. The maximum absolute atomic E-state index is 6.05. The first-order valence-electron chi connectivity index (χ1n) is 7.02. The molecule has 0 amide bonds. The van der Waals surface area contributed by atoms with Gasteiger partial charge in [0.05, 0.1) is 5.71 Å². The van der Waals surface area contributed by atoms with Gasteiger partial charge in [0.15, 0.2) is 17.6 Å². The number of nitrogens with zero attached hydrogens (tertiary/aromatic N) is 1. The molecule has 2 aromatic carbocycles. The molecule has 4 rings (SSSR count). The van der Waals surface area contributed by atoms with E-state index in [0.717, 1.165) is 23.0 Å². The summed E-state index contributed by atoms with van der Waals surface area (Å²) in [6.07, 6.45) is -0.0221. The van der Waals surface area contributed by atoms with Gasteiger partial charge in [-0.05, 0) is 17.7 Å². The van der Waals surface area contributed by atoms with E-state index < -0.39 is 0 Å². The van der Waals surface area contributed by atoms with Crippen molar-refractivity contribution >= 4 is 17.5 Å². The summed E-state index contributed by atoms with van der Waals surface area (Å²) in [6.45, 7) is 0.556.